The van der Waals surface area contributed by atoms with Gasteiger partial charge in [0, 0.05) is 5.38 Å². The van der Waals surface area contributed by atoms with Gasteiger partial charge in [0.05, 0.1) is 11.6 Å². The summed E-state index contributed by atoms with van der Waals surface area (Å²) in [5, 5.41) is 25.9. The SMILES string of the molecule is N#Cc1ccsc1.O[B]O. The molecule has 5 heteroatoms. The second kappa shape index (κ2) is 6.30. The Kier molecular flexibility index (Phi) is 5.78. The van der Waals surface area contributed by atoms with E-state index in [1.807, 2.05) is 16.8 Å². The van der Waals surface area contributed by atoms with Crippen LogP contribution in [0.5, 0.6) is 0 Å². The molecule has 2 N–H and O–H groups in total. The average molecular weight is 154 g/mol. The van der Waals surface area contributed by atoms with Crippen molar-refractivity contribution in [2.24, 2.45) is 0 Å². The fourth-order valence-electron chi connectivity index (χ4n) is 0.328. The van der Waals surface area contributed by atoms with Gasteiger partial charge in [-0.05, 0) is 11.4 Å². The first-order valence-corrected chi connectivity index (χ1v) is 3.31. The van der Waals surface area contributed by atoms with Crippen molar-refractivity contribution in [3.63, 3.8) is 0 Å². The molecule has 51 valence electrons. The van der Waals surface area contributed by atoms with Crippen molar-refractivity contribution in [3.05, 3.63) is 22.4 Å². The molecule has 1 aromatic rings. The predicted octanol–water partition coefficient (Wildman–Crippen LogP) is 0.125. The number of nitriles is 1. The Morgan fingerprint density at radius 3 is 2.40 bits per heavy atom. The summed E-state index contributed by atoms with van der Waals surface area (Å²) in [5.41, 5.74) is 0.755. The standard InChI is InChI=1S/C5H3NS.BH2O2/c6-3-5-1-2-7-4-5;2-1-3/h1-2,4H;2-3H. The first kappa shape index (κ1) is 9.17. The smallest absolute Gasteiger partial charge is 0.429 e. The normalized spacial score (nSPS) is 6.90. The largest absolute Gasteiger partial charge is 0.482 e. The van der Waals surface area contributed by atoms with E-state index in [1.54, 1.807) is 17.4 Å². The van der Waals surface area contributed by atoms with E-state index in [4.69, 9.17) is 15.3 Å². The molecule has 1 rings (SSSR count). The summed E-state index contributed by atoms with van der Waals surface area (Å²) in [7, 11) is 0. The number of nitrogens with zero attached hydrogens (tertiary/aromatic N) is 1. The van der Waals surface area contributed by atoms with Gasteiger partial charge in [0.1, 0.15) is 0 Å². The Morgan fingerprint density at radius 2 is 2.20 bits per heavy atom. The van der Waals surface area contributed by atoms with Crippen LogP contribution in [0, 0.1) is 11.3 Å². The van der Waals surface area contributed by atoms with Gasteiger partial charge < -0.3 is 10.0 Å². The minimum absolute atomic E-state index is 0. The Labute approximate surface area is 63.5 Å². The predicted molar refractivity (Wildman–Crippen MR) is 39.2 cm³/mol. The molecule has 0 aliphatic rings. The Morgan fingerprint density at radius 1 is 1.60 bits per heavy atom. The van der Waals surface area contributed by atoms with Gasteiger partial charge in [0.15, 0.2) is 0 Å². The summed E-state index contributed by atoms with van der Waals surface area (Å²) in [6.45, 7) is 0. The summed E-state index contributed by atoms with van der Waals surface area (Å²) in [6, 6.07) is 3.81. The Bertz CT molecular complexity index is 194. The van der Waals surface area contributed by atoms with Gasteiger partial charge in [0.2, 0.25) is 0 Å². The lowest BCUT2D eigenvalue weighted by molar-refractivity contribution is 0.448. The summed E-state index contributed by atoms with van der Waals surface area (Å²) >= 11 is 1.54. The molecule has 0 amide bonds. The highest BCUT2D eigenvalue weighted by Crippen LogP contribution is 2.02. The molecule has 1 heterocycles. The molecule has 0 saturated heterocycles. The highest BCUT2D eigenvalue weighted by molar-refractivity contribution is 7.08. The van der Waals surface area contributed by atoms with Crippen LogP contribution in [0.2, 0.25) is 0 Å². The molecule has 0 saturated carbocycles. The Balaban J connectivity index is 0.000000236. The zero-order valence-electron chi connectivity index (χ0n) is 5.06. The third-order valence-corrected chi connectivity index (χ3v) is 1.33. The van der Waals surface area contributed by atoms with Crippen LogP contribution in [-0.4, -0.2) is 17.7 Å². The fraction of sp³-hybridized carbons (Fsp3) is 0. The van der Waals surface area contributed by atoms with Gasteiger partial charge in [-0.15, -0.1) is 0 Å². The molecule has 0 fully saturated rings. The Hall–Kier alpha value is -0.825. The fourth-order valence-corrected chi connectivity index (χ4v) is 0.910. The van der Waals surface area contributed by atoms with Crippen LogP contribution in [0.4, 0.5) is 0 Å². The third-order valence-electron chi connectivity index (χ3n) is 0.650. The van der Waals surface area contributed by atoms with Crippen LogP contribution in [-0.2, 0) is 0 Å². The molecular formula is C5H5BNO2S. The first-order chi connectivity index (χ1) is 4.85. The second-order valence-corrected chi connectivity index (χ2v) is 2.02. The van der Waals surface area contributed by atoms with Crippen molar-refractivity contribution in [3.8, 4) is 6.07 Å². The molecular weight excluding hydrogens is 149 g/mol. The van der Waals surface area contributed by atoms with Crippen molar-refractivity contribution in [2.75, 3.05) is 0 Å². The van der Waals surface area contributed by atoms with Crippen molar-refractivity contribution >= 4 is 19.0 Å². The monoisotopic (exact) mass is 154 g/mol. The minimum atomic E-state index is 0. The average Bonchev–Trinajstić information content (AvgIpc) is 2.39. The summed E-state index contributed by atoms with van der Waals surface area (Å²) in [4.78, 5) is 0. The zero-order chi connectivity index (χ0) is 7.82. The zero-order valence-corrected chi connectivity index (χ0v) is 5.88. The van der Waals surface area contributed by atoms with Gasteiger partial charge in [-0.3, -0.25) is 0 Å². The van der Waals surface area contributed by atoms with Crippen molar-refractivity contribution in [1.82, 2.24) is 0 Å². The lowest BCUT2D eigenvalue weighted by Gasteiger charge is -1.62. The molecule has 0 aliphatic carbocycles. The number of hydrogen-bond acceptors (Lipinski definition) is 4. The lowest BCUT2D eigenvalue weighted by atomic mass is 10.4. The topological polar surface area (TPSA) is 64.2 Å². The van der Waals surface area contributed by atoms with Crippen molar-refractivity contribution in [1.29, 1.82) is 5.26 Å². The van der Waals surface area contributed by atoms with Crippen LogP contribution in [0.15, 0.2) is 16.8 Å². The van der Waals surface area contributed by atoms with E-state index in [0.29, 0.717) is 0 Å². The van der Waals surface area contributed by atoms with Gasteiger partial charge in [-0.1, -0.05) is 0 Å². The van der Waals surface area contributed by atoms with Crippen molar-refractivity contribution in [2.45, 2.75) is 0 Å². The van der Waals surface area contributed by atoms with E-state index >= 15 is 0 Å². The van der Waals surface area contributed by atoms with E-state index in [9.17, 15) is 0 Å². The van der Waals surface area contributed by atoms with Gasteiger partial charge >= 0.3 is 7.69 Å². The van der Waals surface area contributed by atoms with E-state index in [0.717, 1.165) is 5.56 Å². The third kappa shape index (κ3) is 4.09. The maximum Gasteiger partial charge on any atom is 0.482 e. The van der Waals surface area contributed by atoms with Crippen LogP contribution < -0.4 is 0 Å². The molecule has 0 bridgehead atoms. The number of hydrogen-bond donors (Lipinski definition) is 2. The first-order valence-electron chi connectivity index (χ1n) is 2.37. The summed E-state index contributed by atoms with van der Waals surface area (Å²) in [5.74, 6) is 0. The quantitative estimate of drug-likeness (QED) is 0.521. The molecule has 3 nitrogen and oxygen atoms in total. The van der Waals surface area contributed by atoms with E-state index in [1.165, 1.54) is 0 Å². The molecule has 0 aromatic carbocycles. The maximum absolute atomic E-state index is 8.18. The minimum Gasteiger partial charge on any atom is -0.429 e. The summed E-state index contributed by atoms with van der Waals surface area (Å²) in [6.07, 6.45) is 0. The lowest BCUT2D eigenvalue weighted by Crippen LogP contribution is -1.75. The highest BCUT2D eigenvalue weighted by Gasteiger charge is 1.82. The van der Waals surface area contributed by atoms with Crippen molar-refractivity contribution < 1.29 is 10.0 Å². The van der Waals surface area contributed by atoms with E-state index in [2.05, 4.69) is 0 Å². The molecule has 0 atom stereocenters. The molecule has 0 spiro atoms. The van der Waals surface area contributed by atoms with Crippen LogP contribution in [0.25, 0.3) is 0 Å². The van der Waals surface area contributed by atoms with E-state index in [-0.39, 0.29) is 7.69 Å². The van der Waals surface area contributed by atoms with E-state index < -0.39 is 0 Å². The van der Waals surface area contributed by atoms with Gasteiger partial charge in [0.25, 0.3) is 0 Å². The molecule has 1 radical (unpaired) electrons. The summed E-state index contributed by atoms with van der Waals surface area (Å²) < 4.78 is 0. The maximum atomic E-state index is 8.18. The molecule has 10 heavy (non-hydrogen) atoms. The van der Waals surface area contributed by atoms with Crippen LogP contribution >= 0.6 is 11.3 Å². The van der Waals surface area contributed by atoms with Crippen LogP contribution in [0.1, 0.15) is 5.56 Å². The van der Waals surface area contributed by atoms with Gasteiger partial charge in [-0.2, -0.15) is 16.6 Å². The van der Waals surface area contributed by atoms with Crippen LogP contribution in [0.3, 0.4) is 0 Å². The molecule has 0 unspecified atom stereocenters. The molecule has 0 aliphatic heterocycles. The number of rotatable bonds is 0. The highest BCUT2D eigenvalue weighted by atomic mass is 32.1. The molecule has 1 aromatic heterocycles. The number of thiophene rings is 1. The van der Waals surface area contributed by atoms with Gasteiger partial charge in [-0.25, -0.2) is 0 Å². The second-order valence-electron chi connectivity index (χ2n) is 1.24.